The van der Waals surface area contributed by atoms with Gasteiger partial charge in [-0.2, -0.15) is 4.98 Å². The first-order valence-electron chi connectivity index (χ1n) is 9.72. The van der Waals surface area contributed by atoms with E-state index in [2.05, 4.69) is 36.6 Å². The Kier molecular flexibility index (Phi) is 5.13. The number of rotatable bonds is 4. The molecule has 0 atom stereocenters. The molecule has 0 spiro atoms. The Balaban J connectivity index is 1.39. The maximum Gasteiger partial charge on any atom is 0.227 e. The van der Waals surface area contributed by atoms with Crippen molar-refractivity contribution in [2.75, 3.05) is 54.0 Å². The summed E-state index contributed by atoms with van der Waals surface area (Å²) in [6, 6.07) is 2.04. The standard InChI is InChI=1S/C19H27N7/c1-2-16-14-21-18(22-15-16)25-10-12-26(13-11-25)19-20-7-6-17(23-19)24-8-4-3-5-9-24/h6-7,14-15H,2-5,8-13H2,1H3. The van der Waals surface area contributed by atoms with E-state index in [1.54, 1.807) is 0 Å². The SMILES string of the molecule is CCc1cnc(N2CCN(c3nccc(N4CCCCC4)n3)CC2)nc1. The lowest BCUT2D eigenvalue weighted by Gasteiger charge is -2.35. The van der Waals surface area contributed by atoms with Gasteiger partial charge < -0.3 is 14.7 Å². The summed E-state index contributed by atoms with van der Waals surface area (Å²) in [4.78, 5) is 25.2. The van der Waals surface area contributed by atoms with Crippen molar-refractivity contribution in [1.29, 1.82) is 0 Å². The molecule has 0 bridgehead atoms. The van der Waals surface area contributed by atoms with Gasteiger partial charge in [-0.05, 0) is 37.3 Å². The molecule has 4 rings (SSSR count). The quantitative estimate of drug-likeness (QED) is 0.834. The van der Waals surface area contributed by atoms with E-state index in [1.807, 2.05) is 24.7 Å². The largest absolute Gasteiger partial charge is 0.356 e. The van der Waals surface area contributed by atoms with E-state index < -0.39 is 0 Å². The minimum absolute atomic E-state index is 0.824. The molecule has 0 radical (unpaired) electrons. The Labute approximate surface area is 155 Å². The van der Waals surface area contributed by atoms with E-state index in [1.165, 1.54) is 24.8 Å². The van der Waals surface area contributed by atoms with Gasteiger partial charge in [-0.25, -0.2) is 15.0 Å². The van der Waals surface area contributed by atoms with Crippen molar-refractivity contribution < 1.29 is 0 Å². The van der Waals surface area contributed by atoms with Crippen LogP contribution in [0.5, 0.6) is 0 Å². The van der Waals surface area contributed by atoms with E-state index in [9.17, 15) is 0 Å². The fourth-order valence-corrected chi connectivity index (χ4v) is 3.59. The normalized spacial score (nSPS) is 18.3. The number of hydrogen-bond acceptors (Lipinski definition) is 7. The van der Waals surface area contributed by atoms with Crippen LogP contribution in [0.15, 0.2) is 24.7 Å². The van der Waals surface area contributed by atoms with E-state index in [4.69, 9.17) is 4.98 Å². The van der Waals surface area contributed by atoms with Gasteiger partial charge in [-0.1, -0.05) is 6.92 Å². The second-order valence-corrected chi connectivity index (χ2v) is 6.98. The molecule has 0 amide bonds. The Bertz CT molecular complexity index is 704. The van der Waals surface area contributed by atoms with Crippen LogP contribution in [-0.4, -0.2) is 59.2 Å². The average Bonchev–Trinajstić information content (AvgIpc) is 2.75. The van der Waals surface area contributed by atoms with Crippen molar-refractivity contribution in [3.8, 4) is 0 Å². The average molecular weight is 353 g/mol. The summed E-state index contributed by atoms with van der Waals surface area (Å²) in [6.07, 6.45) is 10.6. The molecule has 2 aromatic heterocycles. The molecule has 2 aliphatic heterocycles. The lowest BCUT2D eigenvalue weighted by atomic mass is 10.1. The molecule has 2 fully saturated rings. The van der Waals surface area contributed by atoms with Crippen LogP contribution in [0.3, 0.4) is 0 Å². The number of nitrogens with zero attached hydrogens (tertiary/aromatic N) is 7. The van der Waals surface area contributed by atoms with Crippen molar-refractivity contribution in [2.24, 2.45) is 0 Å². The molecule has 26 heavy (non-hydrogen) atoms. The highest BCUT2D eigenvalue weighted by Gasteiger charge is 2.22. The zero-order valence-electron chi connectivity index (χ0n) is 15.5. The van der Waals surface area contributed by atoms with Crippen LogP contribution in [-0.2, 0) is 6.42 Å². The molecular formula is C19H27N7. The first kappa shape index (κ1) is 17.0. The fourth-order valence-electron chi connectivity index (χ4n) is 3.59. The van der Waals surface area contributed by atoms with Crippen molar-refractivity contribution in [3.63, 3.8) is 0 Å². The molecule has 0 aliphatic carbocycles. The number of piperidine rings is 1. The van der Waals surface area contributed by atoms with Gasteiger partial charge in [-0.15, -0.1) is 0 Å². The molecule has 0 unspecified atom stereocenters. The first-order chi connectivity index (χ1) is 12.8. The molecule has 138 valence electrons. The molecule has 2 saturated heterocycles. The second-order valence-electron chi connectivity index (χ2n) is 6.98. The summed E-state index contributed by atoms with van der Waals surface area (Å²) >= 11 is 0. The summed E-state index contributed by atoms with van der Waals surface area (Å²) in [5.41, 5.74) is 1.18. The van der Waals surface area contributed by atoms with Gasteiger partial charge in [0.15, 0.2) is 0 Å². The highest BCUT2D eigenvalue weighted by Crippen LogP contribution is 2.21. The fraction of sp³-hybridized carbons (Fsp3) is 0.579. The molecule has 0 N–H and O–H groups in total. The highest BCUT2D eigenvalue weighted by atomic mass is 15.4. The molecule has 0 saturated carbocycles. The minimum Gasteiger partial charge on any atom is -0.356 e. The number of aryl methyl sites for hydroxylation is 1. The van der Waals surface area contributed by atoms with Gasteiger partial charge in [0, 0.05) is 57.9 Å². The van der Waals surface area contributed by atoms with Crippen LogP contribution in [0.2, 0.25) is 0 Å². The molecule has 2 aliphatic rings. The van der Waals surface area contributed by atoms with Gasteiger partial charge in [0.05, 0.1) is 0 Å². The van der Waals surface area contributed by atoms with Gasteiger partial charge in [-0.3, -0.25) is 0 Å². The molecule has 7 heteroatoms. The topological polar surface area (TPSA) is 61.3 Å². The summed E-state index contributed by atoms with van der Waals surface area (Å²) < 4.78 is 0. The highest BCUT2D eigenvalue weighted by molar-refractivity contribution is 5.45. The van der Waals surface area contributed by atoms with Gasteiger partial charge in [0.1, 0.15) is 5.82 Å². The Morgan fingerprint density at radius 2 is 1.42 bits per heavy atom. The molecule has 4 heterocycles. The Morgan fingerprint density at radius 1 is 0.769 bits per heavy atom. The third-order valence-corrected chi connectivity index (χ3v) is 5.25. The summed E-state index contributed by atoms with van der Waals surface area (Å²) in [5.74, 6) is 2.73. The summed E-state index contributed by atoms with van der Waals surface area (Å²) in [6.45, 7) is 7.90. The van der Waals surface area contributed by atoms with E-state index >= 15 is 0 Å². The van der Waals surface area contributed by atoms with Crippen molar-refractivity contribution in [3.05, 3.63) is 30.2 Å². The van der Waals surface area contributed by atoms with Gasteiger partial charge in [0.25, 0.3) is 0 Å². The molecular weight excluding hydrogens is 326 g/mol. The van der Waals surface area contributed by atoms with Crippen LogP contribution in [0, 0.1) is 0 Å². The third-order valence-electron chi connectivity index (χ3n) is 5.25. The van der Waals surface area contributed by atoms with Crippen LogP contribution < -0.4 is 14.7 Å². The van der Waals surface area contributed by atoms with Crippen molar-refractivity contribution in [1.82, 2.24) is 19.9 Å². The van der Waals surface area contributed by atoms with Crippen LogP contribution in [0.4, 0.5) is 17.7 Å². The van der Waals surface area contributed by atoms with E-state index in [0.717, 1.165) is 63.4 Å². The Morgan fingerprint density at radius 3 is 2.08 bits per heavy atom. The van der Waals surface area contributed by atoms with Crippen molar-refractivity contribution >= 4 is 17.7 Å². The Hall–Kier alpha value is -2.44. The smallest absolute Gasteiger partial charge is 0.227 e. The third kappa shape index (κ3) is 3.71. The van der Waals surface area contributed by atoms with Crippen LogP contribution in [0.25, 0.3) is 0 Å². The van der Waals surface area contributed by atoms with E-state index in [-0.39, 0.29) is 0 Å². The lowest BCUT2D eigenvalue weighted by Crippen LogP contribution is -2.47. The number of hydrogen-bond donors (Lipinski definition) is 0. The van der Waals surface area contributed by atoms with Gasteiger partial charge >= 0.3 is 0 Å². The van der Waals surface area contributed by atoms with Crippen LogP contribution in [0.1, 0.15) is 31.7 Å². The lowest BCUT2D eigenvalue weighted by molar-refractivity contribution is 0.571. The molecule has 0 aromatic carbocycles. The maximum atomic E-state index is 4.83. The number of anilines is 3. The summed E-state index contributed by atoms with van der Waals surface area (Å²) in [5, 5.41) is 0. The second kappa shape index (κ2) is 7.85. The zero-order valence-corrected chi connectivity index (χ0v) is 15.5. The predicted molar refractivity (Wildman–Crippen MR) is 104 cm³/mol. The molecule has 7 nitrogen and oxygen atoms in total. The van der Waals surface area contributed by atoms with E-state index in [0.29, 0.717) is 0 Å². The molecule has 2 aromatic rings. The monoisotopic (exact) mass is 353 g/mol. The minimum atomic E-state index is 0.824. The number of piperazine rings is 1. The predicted octanol–water partition coefficient (Wildman–Crippen LogP) is 2.15. The number of aromatic nitrogens is 4. The summed E-state index contributed by atoms with van der Waals surface area (Å²) in [7, 11) is 0. The first-order valence-corrected chi connectivity index (χ1v) is 9.72. The maximum absolute atomic E-state index is 4.83. The zero-order chi connectivity index (χ0) is 17.8. The van der Waals surface area contributed by atoms with Crippen LogP contribution >= 0.6 is 0 Å². The van der Waals surface area contributed by atoms with Crippen molar-refractivity contribution in [2.45, 2.75) is 32.6 Å². The van der Waals surface area contributed by atoms with Gasteiger partial charge in [0.2, 0.25) is 11.9 Å².